The lowest BCUT2D eigenvalue weighted by Crippen LogP contribution is -2.70. The van der Waals surface area contributed by atoms with Gasteiger partial charge in [-0.25, -0.2) is 0 Å². The van der Waals surface area contributed by atoms with Crippen molar-refractivity contribution in [3.05, 3.63) is 29.8 Å². The highest BCUT2D eigenvalue weighted by molar-refractivity contribution is 5.36. The number of para-hydroxylation sites is 1. The molecule has 1 aromatic carbocycles. The maximum Gasteiger partial charge on any atom is 0.460 e. The topological polar surface area (TPSA) is 18.5 Å². The second-order valence-electron chi connectivity index (χ2n) is 8.18. The van der Waals surface area contributed by atoms with E-state index in [4.69, 9.17) is 4.74 Å². The van der Waals surface area contributed by atoms with E-state index in [1.54, 1.807) is 0 Å². The van der Waals surface area contributed by atoms with E-state index in [0.717, 1.165) is 12.1 Å². The molecule has 1 rings (SSSR count). The molecular formula is C19H19F13O2. The Balaban J connectivity index is 3.48. The summed E-state index contributed by atoms with van der Waals surface area (Å²) in [5, 5.41) is 0. The molecule has 0 aliphatic carbocycles. The van der Waals surface area contributed by atoms with Crippen molar-refractivity contribution >= 4 is 0 Å². The smallest absolute Gasteiger partial charge is 0.460 e. The molecule has 0 saturated carbocycles. The molecule has 1 unspecified atom stereocenters. The van der Waals surface area contributed by atoms with Crippen LogP contribution >= 0.6 is 0 Å². The van der Waals surface area contributed by atoms with Crippen LogP contribution in [0.15, 0.2) is 24.3 Å². The Morgan fingerprint density at radius 3 is 1.53 bits per heavy atom. The lowest BCUT2D eigenvalue weighted by atomic mass is 9.90. The van der Waals surface area contributed by atoms with Gasteiger partial charge in [0, 0.05) is 19.1 Å². The predicted molar refractivity (Wildman–Crippen MR) is 92.0 cm³/mol. The fraction of sp³-hybridized carbons (Fsp3) is 0.684. The average Bonchev–Trinajstić information content (AvgIpc) is 2.64. The van der Waals surface area contributed by atoms with E-state index in [0.29, 0.717) is 7.11 Å². The van der Waals surface area contributed by atoms with Crippen LogP contribution < -0.4 is 4.74 Å². The average molecular weight is 526 g/mol. The molecule has 198 valence electrons. The highest BCUT2D eigenvalue weighted by Gasteiger charge is 2.90. The van der Waals surface area contributed by atoms with Crippen molar-refractivity contribution in [2.45, 2.75) is 74.7 Å². The van der Waals surface area contributed by atoms with Crippen LogP contribution in [0, 0.1) is 0 Å². The summed E-state index contributed by atoms with van der Waals surface area (Å²) in [6.07, 6.45) is -12.2. The van der Waals surface area contributed by atoms with Gasteiger partial charge in [-0.15, -0.1) is 0 Å². The van der Waals surface area contributed by atoms with E-state index in [2.05, 4.69) is 4.74 Å². The second-order valence-corrected chi connectivity index (χ2v) is 8.18. The van der Waals surface area contributed by atoms with Gasteiger partial charge in [-0.05, 0) is 26.8 Å². The molecule has 15 heteroatoms. The van der Waals surface area contributed by atoms with E-state index in [-0.39, 0.29) is 5.75 Å². The third-order valence-electron chi connectivity index (χ3n) is 4.41. The lowest BCUT2D eigenvalue weighted by molar-refractivity contribution is -0.440. The van der Waals surface area contributed by atoms with E-state index in [1.165, 1.54) is 32.9 Å². The molecule has 0 spiro atoms. The van der Waals surface area contributed by atoms with Gasteiger partial charge in [0.25, 0.3) is 0 Å². The van der Waals surface area contributed by atoms with Crippen LogP contribution in [0.4, 0.5) is 57.1 Å². The third kappa shape index (κ3) is 5.18. The zero-order valence-electron chi connectivity index (χ0n) is 17.8. The van der Waals surface area contributed by atoms with Crippen molar-refractivity contribution in [3.8, 4) is 5.75 Å². The monoisotopic (exact) mass is 526 g/mol. The summed E-state index contributed by atoms with van der Waals surface area (Å²) in [5.41, 5.74) is -1.44. The van der Waals surface area contributed by atoms with Crippen molar-refractivity contribution in [2.24, 2.45) is 0 Å². The maximum absolute atomic E-state index is 14.3. The van der Waals surface area contributed by atoms with Crippen LogP contribution in [0.3, 0.4) is 0 Å². The van der Waals surface area contributed by atoms with E-state index in [1.807, 2.05) is 0 Å². The van der Waals surface area contributed by atoms with Crippen molar-refractivity contribution in [1.29, 1.82) is 0 Å². The molecule has 1 atom stereocenters. The number of hydrogen-bond acceptors (Lipinski definition) is 2. The minimum Gasteiger partial charge on any atom is -0.488 e. The molecule has 0 aromatic heterocycles. The molecule has 34 heavy (non-hydrogen) atoms. The van der Waals surface area contributed by atoms with Gasteiger partial charge in [-0.3, -0.25) is 0 Å². The van der Waals surface area contributed by atoms with Crippen molar-refractivity contribution in [3.63, 3.8) is 0 Å². The van der Waals surface area contributed by atoms with Crippen LogP contribution in [-0.2, 0) is 4.74 Å². The largest absolute Gasteiger partial charge is 0.488 e. The van der Waals surface area contributed by atoms with Crippen molar-refractivity contribution in [2.75, 3.05) is 7.11 Å². The molecule has 0 aliphatic heterocycles. The van der Waals surface area contributed by atoms with Gasteiger partial charge in [-0.1, -0.05) is 18.2 Å². The van der Waals surface area contributed by atoms with Gasteiger partial charge in [0.1, 0.15) is 11.4 Å². The zero-order valence-corrected chi connectivity index (χ0v) is 17.8. The Kier molecular flexibility index (Phi) is 7.91. The molecule has 1 aromatic rings. The number of rotatable bonds is 9. The summed E-state index contributed by atoms with van der Waals surface area (Å²) in [6.45, 7) is 4.45. The van der Waals surface area contributed by atoms with E-state index >= 15 is 0 Å². The number of methoxy groups -OCH3 is 1. The Morgan fingerprint density at radius 2 is 1.12 bits per heavy atom. The van der Waals surface area contributed by atoms with Gasteiger partial charge >= 0.3 is 35.8 Å². The number of ether oxygens (including phenoxy) is 2. The van der Waals surface area contributed by atoms with Gasteiger partial charge in [0.2, 0.25) is 0 Å². The van der Waals surface area contributed by atoms with Gasteiger partial charge < -0.3 is 9.47 Å². The fourth-order valence-corrected chi connectivity index (χ4v) is 2.65. The second kappa shape index (κ2) is 8.94. The van der Waals surface area contributed by atoms with Crippen LogP contribution in [0.5, 0.6) is 5.75 Å². The fourth-order valence-electron chi connectivity index (χ4n) is 2.65. The Labute approximate surface area is 185 Å². The number of hydrogen-bond donors (Lipinski definition) is 0. The van der Waals surface area contributed by atoms with Crippen LogP contribution in [0.2, 0.25) is 0 Å². The highest BCUT2D eigenvalue weighted by atomic mass is 19.4. The first-order valence-electron chi connectivity index (χ1n) is 9.14. The Bertz CT molecular complexity index is 841. The molecule has 0 N–H and O–H groups in total. The molecule has 0 saturated heterocycles. The normalized spacial score (nSPS) is 15.9. The minimum atomic E-state index is -7.94. The summed E-state index contributed by atoms with van der Waals surface area (Å²) in [7, 11) is 0.650. The number of alkyl halides is 13. The summed E-state index contributed by atoms with van der Waals surface area (Å²) in [5.74, 6) is -37.5. The number of benzene rings is 1. The lowest BCUT2D eigenvalue weighted by Gasteiger charge is -2.40. The van der Waals surface area contributed by atoms with Crippen molar-refractivity contribution < 1.29 is 66.5 Å². The molecule has 0 amide bonds. The molecular weight excluding hydrogens is 507 g/mol. The first kappa shape index (κ1) is 30.1. The third-order valence-corrected chi connectivity index (χ3v) is 4.41. The Hall–Kier alpha value is -1.93. The van der Waals surface area contributed by atoms with Crippen LogP contribution in [0.1, 0.15) is 38.9 Å². The molecule has 0 heterocycles. The maximum atomic E-state index is 14.3. The summed E-state index contributed by atoms with van der Waals surface area (Å²) in [6, 6.07) is 4.60. The van der Waals surface area contributed by atoms with Crippen LogP contribution in [0.25, 0.3) is 0 Å². The van der Waals surface area contributed by atoms with Crippen LogP contribution in [-0.4, -0.2) is 48.5 Å². The summed E-state index contributed by atoms with van der Waals surface area (Å²) < 4.78 is 183. The standard InChI is InChI=1S/C19H19F13O2/c1-13(2,3)34-11-8-6-5-7-10(11)12(33-4)9-14(20,21)15(22,23)16(24,25)17(26,27)18(28,29)19(30,31)32/h5-8,12H,9H2,1-4H3. The quantitative estimate of drug-likeness (QED) is 0.308. The summed E-state index contributed by atoms with van der Waals surface area (Å²) >= 11 is 0. The molecule has 0 radical (unpaired) electrons. The minimum absolute atomic E-state index is 0.262. The van der Waals surface area contributed by atoms with Crippen molar-refractivity contribution in [1.82, 2.24) is 0 Å². The van der Waals surface area contributed by atoms with E-state index < -0.39 is 59.5 Å². The Morgan fingerprint density at radius 1 is 0.676 bits per heavy atom. The molecule has 2 nitrogen and oxygen atoms in total. The molecule has 0 aliphatic rings. The van der Waals surface area contributed by atoms with Gasteiger partial charge in [0.05, 0.1) is 6.10 Å². The number of halogens is 13. The molecule has 0 fully saturated rings. The highest BCUT2D eigenvalue weighted by Crippen LogP contribution is 2.61. The SMILES string of the molecule is COC(CC(F)(F)C(F)(F)C(F)(F)C(F)(F)C(F)(F)C(F)(F)F)c1ccccc1OC(C)(C)C. The first-order chi connectivity index (χ1) is 14.9. The first-order valence-corrected chi connectivity index (χ1v) is 9.14. The summed E-state index contributed by atoms with van der Waals surface area (Å²) in [4.78, 5) is 0. The van der Waals surface area contributed by atoms with E-state index in [9.17, 15) is 57.1 Å². The van der Waals surface area contributed by atoms with Gasteiger partial charge in [-0.2, -0.15) is 57.1 Å². The zero-order chi connectivity index (χ0) is 27.2. The predicted octanol–water partition coefficient (Wildman–Crippen LogP) is 7.68. The van der Waals surface area contributed by atoms with Gasteiger partial charge in [0.15, 0.2) is 0 Å². The molecule has 0 bridgehead atoms.